The minimum absolute atomic E-state index is 0.233. The molecule has 0 bridgehead atoms. The summed E-state index contributed by atoms with van der Waals surface area (Å²) in [5, 5.41) is 30.3. The monoisotopic (exact) mass is 264 g/mol. The molecule has 0 aliphatic heterocycles. The molecule has 0 spiro atoms. The topological polar surface area (TPSA) is 60.7 Å². The van der Waals surface area contributed by atoms with Gasteiger partial charge in [-0.3, -0.25) is 0 Å². The second kappa shape index (κ2) is 5.00. The maximum atomic E-state index is 9.47. The number of phenols is 1. The van der Waals surface area contributed by atoms with Gasteiger partial charge in [-0.05, 0) is 45.6 Å². The summed E-state index contributed by atoms with van der Waals surface area (Å²) < 4.78 is 0. The van der Waals surface area contributed by atoms with Crippen LogP contribution in [0.15, 0.2) is 60.7 Å². The van der Waals surface area contributed by atoms with Gasteiger partial charge in [0.05, 0.1) is 0 Å². The van der Waals surface area contributed by atoms with Crippen LogP contribution in [0.3, 0.4) is 0 Å². The molecule has 98 valence electrons. The van der Waals surface area contributed by atoms with Crippen LogP contribution < -0.4 is 5.46 Å². The largest absolute Gasteiger partial charge is 0.508 e. The molecule has 0 amide bonds. The quantitative estimate of drug-likeness (QED) is 0.619. The van der Waals surface area contributed by atoms with Crippen LogP contribution in [-0.4, -0.2) is 22.3 Å². The first-order valence-electron chi connectivity index (χ1n) is 6.33. The third-order valence-corrected chi connectivity index (χ3v) is 3.37. The van der Waals surface area contributed by atoms with Crippen molar-refractivity contribution in [3.8, 4) is 16.9 Å². The standard InChI is InChI=1S/C16H13BO3/c18-14-8-7-11-9-13(6-5-12(11)10-14)15-3-1-2-4-16(15)17(19)20/h1-10,18-20H. The molecule has 3 aromatic carbocycles. The second-order valence-electron chi connectivity index (χ2n) is 4.71. The Morgan fingerprint density at radius 2 is 1.45 bits per heavy atom. The Bertz CT molecular complexity index is 769. The van der Waals surface area contributed by atoms with Gasteiger partial charge in [0.2, 0.25) is 0 Å². The fraction of sp³-hybridized carbons (Fsp3) is 0. The first-order valence-corrected chi connectivity index (χ1v) is 6.33. The van der Waals surface area contributed by atoms with Crippen molar-refractivity contribution in [1.82, 2.24) is 0 Å². The lowest BCUT2D eigenvalue weighted by molar-refractivity contribution is 0.426. The highest BCUT2D eigenvalue weighted by Crippen LogP contribution is 2.25. The lowest BCUT2D eigenvalue weighted by atomic mass is 9.75. The van der Waals surface area contributed by atoms with Gasteiger partial charge < -0.3 is 15.2 Å². The molecule has 0 radical (unpaired) electrons. The molecule has 4 heteroatoms. The van der Waals surface area contributed by atoms with Gasteiger partial charge in [-0.15, -0.1) is 0 Å². The smallest absolute Gasteiger partial charge is 0.489 e. The number of fused-ring (bicyclic) bond motifs is 1. The van der Waals surface area contributed by atoms with Crippen LogP contribution in [0.2, 0.25) is 0 Å². The van der Waals surface area contributed by atoms with Gasteiger partial charge in [-0.2, -0.15) is 0 Å². The SMILES string of the molecule is OB(O)c1ccccc1-c1ccc2cc(O)ccc2c1. The van der Waals surface area contributed by atoms with E-state index in [9.17, 15) is 15.2 Å². The van der Waals surface area contributed by atoms with Crippen molar-refractivity contribution < 1.29 is 15.2 Å². The summed E-state index contributed by atoms with van der Waals surface area (Å²) in [6, 6.07) is 18.2. The minimum atomic E-state index is -1.50. The average Bonchev–Trinajstić information content (AvgIpc) is 2.46. The number of aromatic hydroxyl groups is 1. The molecule has 0 aliphatic carbocycles. The molecule has 0 fully saturated rings. The van der Waals surface area contributed by atoms with Crippen molar-refractivity contribution in [1.29, 1.82) is 0 Å². The zero-order chi connectivity index (χ0) is 14.1. The predicted molar refractivity (Wildman–Crippen MR) is 80.9 cm³/mol. The van der Waals surface area contributed by atoms with Gasteiger partial charge in [0.1, 0.15) is 5.75 Å². The maximum absolute atomic E-state index is 9.47. The number of hydrogen-bond donors (Lipinski definition) is 3. The van der Waals surface area contributed by atoms with Crippen molar-refractivity contribution in [2.24, 2.45) is 0 Å². The average molecular weight is 264 g/mol. The molecule has 3 aromatic rings. The Labute approximate surface area is 116 Å². The molecule has 20 heavy (non-hydrogen) atoms. The van der Waals surface area contributed by atoms with E-state index in [-0.39, 0.29) is 5.75 Å². The summed E-state index contributed by atoms with van der Waals surface area (Å²) in [5.41, 5.74) is 2.18. The molecule has 3 N–H and O–H groups in total. The Morgan fingerprint density at radius 1 is 0.750 bits per heavy atom. The highest BCUT2D eigenvalue weighted by atomic mass is 16.4. The summed E-state index contributed by atoms with van der Waals surface area (Å²) in [7, 11) is -1.50. The van der Waals surface area contributed by atoms with Crippen LogP contribution in [0.4, 0.5) is 0 Å². The number of phenolic OH excluding ortho intramolecular Hbond substituents is 1. The van der Waals surface area contributed by atoms with Gasteiger partial charge in [0.15, 0.2) is 0 Å². The highest BCUT2D eigenvalue weighted by molar-refractivity contribution is 6.60. The van der Waals surface area contributed by atoms with Crippen molar-refractivity contribution in [3.05, 3.63) is 60.7 Å². The maximum Gasteiger partial charge on any atom is 0.489 e. The molecule has 0 atom stereocenters. The van der Waals surface area contributed by atoms with E-state index < -0.39 is 7.12 Å². The molecule has 0 saturated heterocycles. The van der Waals surface area contributed by atoms with Gasteiger partial charge >= 0.3 is 7.12 Å². The Morgan fingerprint density at radius 3 is 2.25 bits per heavy atom. The molecule has 3 rings (SSSR count). The third kappa shape index (κ3) is 2.27. The summed E-state index contributed by atoms with van der Waals surface area (Å²) in [4.78, 5) is 0. The van der Waals surface area contributed by atoms with E-state index >= 15 is 0 Å². The van der Waals surface area contributed by atoms with Crippen LogP contribution >= 0.6 is 0 Å². The van der Waals surface area contributed by atoms with E-state index in [2.05, 4.69) is 0 Å². The van der Waals surface area contributed by atoms with Crippen molar-refractivity contribution in [3.63, 3.8) is 0 Å². The lowest BCUT2D eigenvalue weighted by Gasteiger charge is -2.10. The number of hydrogen-bond acceptors (Lipinski definition) is 3. The zero-order valence-electron chi connectivity index (χ0n) is 10.7. The molecular weight excluding hydrogens is 251 g/mol. The van der Waals surface area contributed by atoms with Crippen molar-refractivity contribution in [2.45, 2.75) is 0 Å². The zero-order valence-corrected chi connectivity index (χ0v) is 10.7. The van der Waals surface area contributed by atoms with Crippen LogP contribution in [0, 0.1) is 0 Å². The van der Waals surface area contributed by atoms with Gasteiger partial charge in [-0.1, -0.05) is 42.5 Å². The number of rotatable bonds is 2. The van der Waals surface area contributed by atoms with E-state index in [1.165, 1.54) is 0 Å². The van der Waals surface area contributed by atoms with E-state index in [0.29, 0.717) is 5.46 Å². The molecule has 0 saturated carbocycles. The molecule has 0 unspecified atom stereocenters. The van der Waals surface area contributed by atoms with Crippen molar-refractivity contribution in [2.75, 3.05) is 0 Å². The predicted octanol–water partition coefficient (Wildman–Crippen LogP) is 1.89. The summed E-state index contributed by atoms with van der Waals surface area (Å²) in [6.07, 6.45) is 0. The van der Waals surface area contributed by atoms with Crippen LogP contribution in [0.5, 0.6) is 5.75 Å². The molecule has 0 aromatic heterocycles. The Balaban J connectivity index is 2.18. The Kier molecular flexibility index (Phi) is 3.18. The van der Waals surface area contributed by atoms with E-state index in [1.807, 2.05) is 36.4 Å². The van der Waals surface area contributed by atoms with Crippen molar-refractivity contribution >= 4 is 23.4 Å². The normalized spacial score (nSPS) is 10.7. The summed E-state index contributed by atoms with van der Waals surface area (Å²) in [5.74, 6) is 0.233. The van der Waals surface area contributed by atoms with E-state index in [0.717, 1.165) is 21.9 Å². The van der Waals surface area contributed by atoms with E-state index in [4.69, 9.17) is 0 Å². The molecular formula is C16H13BO3. The van der Waals surface area contributed by atoms with Crippen LogP contribution in [0.25, 0.3) is 21.9 Å². The molecule has 0 heterocycles. The lowest BCUT2D eigenvalue weighted by Crippen LogP contribution is -2.31. The second-order valence-corrected chi connectivity index (χ2v) is 4.71. The molecule has 0 aliphatic rings. The molecule has 3 nitrogen and oxygen atoms in total. The summed E-state index contributed by atoms with van der Waals surface area (Å²) >= 11 is 0. The highest BCUT2D eigenvalue weighted by Gasteiger charge is 2.16. The van der Waals surface area contributed by atoms with E-state index in [1.54, 1.807) is 24.3 Å². The van der Waals surface area contributed by atoms with Crippen LogP contribution in [0.1, 0.15) is 0 Å². The van der Waals surface area contributed by atoms with Crippen LogP contribution in [-0.2, 0) is 0 Å². The number of benzene rings is 3. The fourth-order valence-electron chi connectivity index (χ4n) is 2.39. The van der Waals surface area contributed by atoms with Gasteiger partial charge in [0.25, 0.3) is 0 Å². The first kappa shape index (κ1) is 12.7. The summed E-state index contributed by atoms with van der Waals surface area (Å²) in [6.45, 7) is 0. The van der Waals surface area contributed by atoms with Gasteiger partial charge in [-0.25, -0.2) is 0 Å². The minimum Gasteiger partial charge on any atom is -0.508 e. The van der Waals surface area contributed by atoms with Gasteiger partial charge in [0, 0.05) is 0 Å². The third-order valence-electron chi connectivity index (χ3n) is 3.37. The fourth-order valence-corrected chi connectivity index (χ4v) is 2.39. The first-order chi connectivity index (χ1) is 9.65. The Hall–Kier alpha value is -2.30.